The molecule has 0 spiro atoms. The van der Waals surface area contributed by atoms with Gasteiger partial charge in [0.05, 0.1) is 7.11 Å². The molecule has 2 N–H and O–H groups in total. The summed E-state index contributed by atoms with van der Waals surface area (Å²) in [6.45, 7) is 8.32. The average molecular weight is 435 g/mol. The Labute approximate surface area is 190 Å². The van der Waals surface area contributed by atoms with Crippen LogP contribution in [0, 0.1) is 13.8 Å². The fraction of sp³-hybridized carbons (Fsp3) is 0.400. The summed E-state index contributed by atoms with van der Waals surface area (Å²) in [4.78, 5) is 4.76. The molecule has 1 heterocycles. The van der Waals surface area contributed by atoms with E-state index in [2.05, 4.69) is 71.1 Å². The summed E-state index contributed by atoms with van der Waals surface area (Å²) >= 11 is 0. The van der Waals surface area contributed by atoms with Crippen molar-refractivity contribution in [2.75, 3.05) is 20.2 Å². The highest BCUT2D eigenvalue weighted by Crippen LogP contribution is 2.15. The molecule has 3 aromatic rings. The summed E-state index contributed by atoms with van der Waals surface area (Å²) in [5.74, 6) is 3.73. The van der Waals surface area contributed by atoms with Crippen molar-refractivity contribution in [3.05, 3.63) is 76.9 Å². The van der Waals surface area contributed by atoms with E-state index in [1.165, 1.54) is 16.7 Å². The highest BCUT2D eigenvalue weighted by Gasteiger charge is 2.09. The first kappa shape index (κ1) is 23.3. The Morgan fingerprint density at radius 3 is 2.53 bits per heavy atom. The minimum atomic E-state index is 0.362. The van der Waals surface area contributed by atoms with Gasteiger partial charge in [0, 0.05) is 20.1 Å². The van der Waals surface area contributed by atoms with Crippen LogP contribution in [0.15, 0.2) is 53.5 Å². The number of benzene rings is 2. The normalized spacial score (nSPS) is 12.5. The molecule has 170 valence electrons. The zero-order valence-corrected chi connectivity index (χ0v) is 19.7. The molecule has 0 saturated heterocycles. The summed E-state index contributed by atoms with van der Waals surface area (Å²) in [5.41, 5.74) is 3.84. The van der Waals surface area contributed by atoms with Gasteiger partial charge in [0.1, 0.15) is 18.1 Å². The first-order chi connectivity index (χ1) is 15.5. The maximum atomic E-state index is 5.24. The van der Waals surface area contributed by atoms with Crippen LogP contribution in [0.2, 0.25) is 0 Å². The Bertz CT molecular complexity index is 1030. The third-order valence-corrected chi connectivity index (χ3v) is 5.61. The topological polar surface area (TPSA) is 76.4 Å². The molecule has 0 aliphatic carbocycles. The molecular formula is C25H34N6O. The van der Waals surface area contributed by atoms with Crippen molar-refractivity contribution in [2.45, 2.75) is 39.7 Å². The molecule has 3 rings (SSSR count). The van der Waals surface area contributed by atoms with Gasteiger partial charge >= 0.3 is 0 Å². The van der Waals surface area contributed by atoms with E-state index in [0.717, 1.165) is 42.9 Å². The van der Waals surface area contributed by atoms with Crippen molar-refractivity contribution in [1.29, 1.82) is 0 Å². The molecule has 7 nitrogen and oxygen atoms in total. The lowest BCUT2D eigenvalue weighted by Crippen LogP contribution is -2.40. The number of nitrogens with one attached hydrogen (secondary N) is 2. The van der Waals surface area contributed by atoms with E-state index in [9.17, 15) is 0 Å². The molecule has 32 heavy (non-hydrogen) atoms. The molecule has 0 aliphatic rings. The SMILES string of the molecule is COc1ccc(CCNC(=NCc2nnc(C)n2C)NCC(C)c2cccc(C)c2)cc1. The largest absolute Gasteiger partial charge is 0.497 e. The number of guanidine groups is 1. The second-order valence-electron chi connectivity index (χ2n) is 8.11. The summed E-state index contributed by atoms with van der Waals surface area (Å²) in [7, 11) is 3.64. The van der Waals surface area contributed by atoms with Crippen molar-refractivity contribution in [2.24, 2.45) is 12.0 Å². The summed E-state index contributed by atoms with van der Waals surface area (Å²) in [6.07, 6.45) is 0.890. The molecular weight excluding hydrogens is 400 g/mol. The smallest absolute Gasteiger partial charge is 0.191 e. The van der Waals surface area contributed by atoms with Crippen LogP contribution in [0.1, 0.15) is 41.2 Å². The molecule has 2 aromatic carbocycles. The van der Waals surface area contributed by atoms with Crippen molar-refractivity contribution in [3.63, 3.8) is 0 Å². The lowest BCUT2D eigenvalue weighted by Gasteiger charge is -2.17. The van der Waals surface area contributed by atoms with E-state index < -0.39 is 0 Å². The van der Waals surface area contributed by atoms with Crippen molar-refractivity contribution >= 4 is 5.96 Å². The Kier molecular flexibility index (Phi) is 8.25. The first-order valence-corrected chi connectivity index (χ1v) is 11.0. The van der Waals surface area contributed by atoms with Gasteiger partial charge in [-0.05, 0) is 49.4 Å². The fourth-order valence-corrected chi connectivity index (χ4v) is 3.37. The Hall–Kier alpha value is -3.35. The van der Waals surface area contributed by atoms with Crippen LogP contribution in [-0.2, 0) is 20.0 Å². The van der Waals surface area contributed by atoms with E-state index in [1.54, 1.807) is 7.11 Å². The fourth-order valence-electron chi connectivity index (χ4n) is 3.37. The van der Waals surface area contributed by atoms with Gasteiger partial charge < -0.3 is 19.9 Å². The van der Waals surface area contributed by atoms with Crippen LogP contribution in [0.25, 0.3) is 0 Å². The van der Waals surface area contributed by atoms with Crippen LogP contribution in [0.3, 0.4) is 0 Å². The quantitative estimate of drug-likeness (QED) is 0.398. The van der Waals surface area contributed by atoms with Gasteiger partial charge in [0.15, 0.2) is 11.8 Å². The standard InChI is InChI=1S/C25H34N6O/c1-18-7-6-8-22(15-18)19(2)16-27-25(28-17-24-30-29-20(3)31(24)4)26-14-13-21-9-11-23(32-5)12-10-21/h6-12,15,19H,13-14,16-17H2,1-5H3,(H2,26,27,28). The van der Waals surface area contributed by atoms with Gasteiger partial charge in [0.25, 0.3) is 0 Å². The highest BCUT2D eigenvalue weighted by atomic mass is 16.5. The maximum Gasteiger partial charge on any atom is 0.191 e. The molecule has 0 fully saturated rings. The Morgan fingerprint density at radius 1 is 1.09 bits per heavy atom. The van der Waals surface area contributed by atoms with E-state index in [1.807, 2.05) is 30.7 Å². The predicted molar refractivity (Wildman–Crippen MR) is 129 cm³/mol. The number of aryl methyl sites for hydroxylation is 2. The molecule has 0 aliphatic heterocycles. The lowest BCUT2D eigenvalue weighted by molar-refractivity contribution is 0.414. The second-order valence-corrected chi connectivity index (χ2v) is 8.11. The third-order valence-electron chi connectivity index (χ3n) is 5.61. The van der Waals surface area contributed by atoms with Crippen LogP contribution in [0.4, 0.5) is 0 Å². The third kappa shape index (κ3) is 6.57. The summed E-state index contributed by atoms with van der Waals surface area (Å²) in [5, 5.41) is 15.3. The number of hydrogen-bond acceptors (Lipinski definition) is 4. The molecule has 1 aromatic heterocycles. The number of hydrogen-bond donors (Lipinski definition) is 2. The predicted octanol–water partition coefficient (Wildman–Crippen LogP) is 3.52. The van der Waals surface area contributed by atoms with Gasteiger partial charge in [-0.25, -0.2) is 4.99 Å². The minimum absolute atomic E-state index is 0.362. The lowest BCUT2D eigenvalue weighted by atomic mass is 9.99. The molecule has 7 heteroatoms. The summed E-state index contributed by atoms with van der Waals surface area (Å²) < 4.78 is 7.20. The number of methoxy groups -OCH3 is 1. The monoisotopic (exact) mass is 434 g/mol. The zero-order valence-electron chi connectivity index (χ0n) is 19.7. The zero-order chi connectivity index (χ0) is 22.9. The molecule has 0 radical (unpaired) electrons. The highest BCUT2D eigenvalue weighted by molar-refractivity contribution is 5.79. The van der Waals surface area contributed by atoms with E-state index in [-0.39, 0.29) is 0 Å². The first-order valence-electron chi connectivity index (χ1n) is 11.0. The molecule has 0 amide bonds. The van der Waals surface area contributed by atoms with Crippen LogP contribution in [0.5, 0.6) is 5.75 Å². The van der Waals surface area contributed by atoms with E-state index >= 15 is 0 Å². The second kappa shape index (κ2) is 11.3. The van der Waals surface area contributed by atoms with Gasteiger partial charge in [-0.3, -0.25) is 0 Å². The van der Waals surface area contributed by atoms with E-state index in [4.69, 9.17) is 9.73 Å². The minimum Gasteiger partial charge on any atom is -0.497 e. The van der Waals surface area contributed by atoms with Crippen LogP contribution >= 0.6 is 0 Å². The number of aliphatic imine (C=N–C) groups is 1. The Balaban J connectivity index is 1.62. The summed E-state index contributed by atoms with van der Waals surface area (Å²) in [6, 6.07) is 16.8. The van der Waals surface area contributed by atoms with Crippen molar-refractivity contribution in [1.82, 2.24) is 25.4 Å². The van der Waals surface area contributed by atoms with Crippen LogP contribution in [-0.4, -0.2) is 40.9 Å². The van der Waals surface area contributed by atoms with Gasteiger partial charge in [-0.1, -0.05) is 48.9 Å². The van der Waals surface area contributed by atoms with Crippen molar-refractivity contribution < 1.29 is 4.74 Å². The number of ether oxygens (including phenoxy) is 1. The molecule has 0 saturated carbocycles. The molecule has 1 unspecified atom stereocenters. The van der Waals surface area contributed by atoms with E-state index in [0.29, 0.717) is 12.5 Å². The maximum absolute atomic E-state index is 5.24. The van der Waals surface area contributed by atoms with Crippen LogP contribution < -0.4 is 15.4 Å². The van der Waals surface area contributed by atoms with Gasteiger partial charge in [0.2, 0.25) is 0 Å². The van der Waals surface area contributed by atoms with Gasteiger partial charge in [-0.15, -0.1) is 10.2 Å². The van der Waals surface area contributed by atoms with Gasteiger partial charge in [-0.2, -0.15) is 0 Å². The molecule has 0 bridgehead atoms. The number of aromatic nitrogens is 3. The number of nitrogens with zero attached hydrogens (tertiary/aromatic N) is 4. The average Bonchev–Trinajstić information content (AvgIpc) is 3.13. The number of rotatable bonds is 9. The molecule has 1 atom stereocenters. The Morgan fingerprint density at radius 2 is 1.88 bits per heavy atom. The van der Waals surface area contributed by atoms with Crippen molar-refractivity contribution in [3.8, 4) is 5.75 Å².